The Morgan fingerprint density at radius 3 is 2.42 bits per heavy atom. The van der Waals surface area contributed by atoms with Crippen molar-refractivity contribution < 1.29 is 14.0 Å². The van der Waals surface area contributed by atoms with Gasteiger partial charge in [0.15, 0.2) is 5.76 Å². The molecule has 2 heterocycles. The standard InChI is InChI=1S/C23H21N5O3/c1-16(17-7-11-20(12-8-17)28-15-24-14-25-28)27(2)23(30)18-5-9-19(10-6-18)26-22(29)21-4-3-13-31-21/h3-16H,1-2H3,(H,26,29)/t16-/m1/s1. The zero-order chi connectivity index (χ0) is 21.8. The zero-order valence-electron chi connectivity index (χ0n) is 17.1. The zero-order valence-corrected chi connectivity index (χ0v) is 17.1. The summed E-state index contributed by atoms with van der Waals surface area (Å²) in [5.41, 5.74) is 3.01. The van der Waals surface area contributed by atoms with Gasteiger partial charge in [0.25, 0.3) is 11.8 Å². The van der Waals surface area contributed by atoms with Crippen molar-refractivity contribution in [2.75, 3.05) is 12.4 Å². The van der Waals surface area contributed by atoms with Crippen LogP contribution in [0.3, 0.4) is 0 Å². The van der Waals surface area contributed by atoms with Gasteiger partial charge >= 0.3 is 0 Å². The Bertz CT molecular complexity index is 1150. The largest absolute Gasteiger partial charge is 0.459 e. The highest BCUT2D eigenvalue weighted by atomic mass is 16.3. The molecule has 0 unspecified atom stereocenters. The highest BCUT2D eigenvalue weighted by Gasteiger charge is 2.19. The third-order valence-electron chi connectivity index (χ3n) is 5.09. The highest BCUT2D eigenvalue weighted by molar-refractivity contribution is 6.02. The fourth-order valence-corrected chi connectivity index (χ4v) is 3.15. The van der Waals surface area contributed by atoms with Crippen LogP contribution in [0.2, 0.25) is 0 Å². The van der Waals surface area contributed by atoms with Crippen LogP contribution in [0.15, 0.2) is 84.0 Å². The van der Waals surface area contributed by atoms with Crippen molar-refractivity contribution in [3.05, 3.63) is 96.5 Å². The normalized spacial score (nSPS) is 11.7. The van der Waals surface area contributed by atoms with E-state index in [1.165, 1.54) is 12.6 Å². The van der Waals surface area contributed by atoms with E-state index in [1.807, 2.05) is 31.2 Å². The molecule has 0 fully saturated rings. The molecular formula is C23H21N5O3. The lowest BCUT2D eigenvalue weighted by molar-refractivity contribution is 0.0742. The molecule has 0 aliphatic carbocycles. The lowest BCUT2D eigenvalue weighted by Crippen LogP contribution is -2.29. The Morgan fingerprint density at radius 1 is 1.06 bits per heavy atom. The summed E-state index contributed by atoms with van der Waals surface area (Å²) in [6.45, 7) is 1.97. The summed E-state index contributed by atoms with van der Waals surface area (Å²) >= 11 is 0. The molecule has 2 aromatic heterocycles. The second kappa shape index (κ2) is 8.66. The monoisotopic (exact) mass is 415 g/mol. The lowest BCUT2D eigenvalue weighted by Gasteiger charge is -2.25. The maximum absolute atomic E-state index is 12.9. The van der Waals surface area contributed by atoms with Gasteiger partial charge in [-0.2, -0.15) is 5.10 Å². The Labute approximate surface area is 179 Å². The molecule has 1 atom stereocenters. The quantitative estimate of drug-likeness (QED) is 0.515. The Morgan fingerprint density at radius 2 is 1.81 bits per heavy atom. The van der Waals surface area contributed by atoms with Crippen molar-refractivity contribution in [1.29, 1.82) is 0 Å². The van der Waals surface area contributed by atoms with E-state index in [9.17, 15) is 9.59 Å². The number of carbonyl (C=O) groups excluding carboxylic acids is 2. The van der Waals surface area contributed by atoms with Crippen LogP contribution >= 0.6 is 0 Å². The van der Waals surface area contributed by atoms with Gasteiger partial charge in [-0.3, -0.25) is 9.59 Å². The SMILES string of the molecule is C[C@H](c1ccc(-n2cncn2)cc1)N(C)C(=O)c1ccc(NC(=O)c2ccco2)cc1. The molecule has 0 spiro atoms. The Kier molecular flexibility index (Phi) is 5.61. The molecule has 1 N–H and O–H groups in total. The van der Waals surface area contributed by atoms with Crippen LogP contribution in [0.5, 0.6) is 0 Å². The molecule has 0 aliphatic rings. The van der Waals surface area contributed by atoms with E-state index in [-0.39, 0.29) is 23.6 Å². The molecule has 0 aliphatic heterocycles. The first-order valence-electron chi connectivity index (χ1n) is 9.70. The number of furan rings is 1. The number of rotatable bonds is 6. The van der Waals surface area contributed by atoms with Crippen molar-refractivity contribution in [2.45, 2.75) is 13.0 Å². The maximum atomic E-state index is 12.9. The third kappa shape index (κ3) is 4.37. The number of nitrogens with zero attached hydrogens (tertiary/aromatic N) is 4. The van der Waals surface area contributed by atoms with Gasteiger partial charge in [-0.1, -0.05) is 12.1 Å². The van der Waals surface area contributed by atoms with Gasteiger partial charge in [-0.05, 0) is 61.0 Å². The fraction of sp³-hybridized carbons (Fsp3) is 0.130. The number of anilines is 1. The van der Waals surface area contributed by atoms with Crippen LogP contribution in [0, 0.1) is 0 Å². The van der Waals surface area contributed by atoms with Crippen molar-refractivity contribution >= 4 is 17.5 Å². The smallest absolute Gasteiger partial charge is 0.291 e. The molecule has 0 bridgehead atoms. The average molecular weight is 415 g/mol. The van der Waals surface area contributed by atoms with Crippen molar-refractivity contribution in [3.63, 3.8) is 0 Å². The van der Waals surface area contributed by atoms with Crippen LogP contribution < -0.4 is 5.32 Å². The molecule has 0 saturated heterocycles. The lowest BCUT2D eigenvalue weighted by atomic mass is 10.1. The van der Waals surface area contributed by atoms with E-state index >= 15 is 0 Å². The summed E-state index contributed by atoms with van der Waals surface area (Å²) in [5.74, 6) is -0.232. The molecule has 4 rings (SSSR count). The van der Waals surface area contributed by atoms with Crippen molar-refractivity contribution in [3.8, 4) is 5.69 Å². The topological polar surface area (TPSA) is 93.3 Å². The predicted molar refractivity (Wildman–Crippen MR) is 115 cm³/mol. The average Bonchev–Trinajstić information content (AvgIpc) is 3.53. The summed E-state index contributed by atoms with van der Waals surface area (Å²) in [4.78, 5) is 30.6. The second-order valence-electron chi connectivity index (χ2n) is 7.03. The molecule has 2 amide bonds. The summed E-state index contributed by atoms with van der Waals surface area (Å²) < 4.78 is 6.75. The van der Waals surface area contributed by atoms with Gasteiger partial charge in [0, 0.05) is 18.3 Å². The number of amides is 2. The van der Waals surface area contributed by atoms with Gasteiger partial charge in [0.1, 0.15) is 12.7 Å². The Balaban J connectivity index is 1.41. The predicted octanol–water partition coefficient (Wildman–Crippen LogP) is 3.95. The van der Waals surface area contributed by atoms with E-state index < -0.39 is 0 Å². The molecule has 156 valence electrons. The van der Waals surface area contributed by atoms with Gasteiger partial charge < -0.3 is 14.6 Å². The number of benzene rings is 2. The summed E-state index contributed by atoms with van der Waals surface area (Å²) in [5, 5.41) is 6.85. The summed E-state index contributed by atoms with van der Waals surface area (Å²) in [6.07, 6.45) is 4.56. The molecule has 8 heteroatoms. The van der Waals surface area contributed by atoms with E-state index in [0.29, 0.717) is 11.3 Å². The summed E-state index contributed by atoms with van der Waals surface area (Å²) in [6, 6.07) is 17.7. The van der Waals surface area contributed by atoms with Gasteiger partial charge in [-0.25, -0.2) is 9.67 Å². The third-order valence-corrected chi connectivity index (χ3v) is 5.09. The first-order chi connectivity index (χ1) is 15.0. The molecular weight excluding hydrogens is 394 g/mol. The van der Waals surface area contributed by atoms with E-state index in [1.54, 1.807) is 59.4 Å². The molecule has 31 heavy (non-hydrogen) atoms. The Hall–Kier alpha value is -4.20. The van der Waals surface area contributed by atoms with Crippen LogP contribution in [0.25, 0.3) is 5.69 Å². The van der Waals surface area contributed by atoms with E-state index in [0.717, 1.165) is 11.3 Å². The first-order valence-corrected chi connectivity index (χ1v) is 9.70. The number of aromatic nitrogens is 3. The fourth-order valence-electron chi connectivity index (χ4n) is 3.15. The first kappa shape index (κ1) is 20.1. The van der Waals surface area contributed by atoms with Crippen LogP contribution in [0.1, 0.15) is 39.4 Å². The number of carbonyl (C=O) groups is 2. The number of hydrogen-bond acceptors (Lipinski definition) is 5. The van der Waals surface area contributed by atoms with Crippen molar-refractivity contribution in [1.82, 2.24) is 19.7 Å². The van der Waals surface area contributed by atoms with E-state index in [4.69, 9.17) is 4.42 Å². The van der Waals surface area contributed by atoms with Crippen LogP contribution in [-0.2, 0) is 0 Å². The van der Waals surface area contributed by atoms with Gasteiger partial charge in [0.2, 0.25) is 0 Å². The molecule has 0 radical (unpaired) electrons. The van der Waals surface area contributed by atoms with Crippen LogP contribution in [0.4, 0.5) is 5.69 Å². The highest BCUT2D eigenvalue weighted by Crippen LogP contribution is 2.22. The minimum atomic E-state index is -0.343. The molecule has 8 nitrogen and oxygen atoms in total. The van der Waals surface area contributed by atoms with Gasteiger partial charge in [-0.15, -0.1) is 0 Å². The molecule has 2 aromatic carbocycles. The second-order valence-corrected chi connectivity index (χ2v) is 7.03. The summed E-state index contributed by atoms with van der Waals surface area (Å²) in [7, 11) is 1.77. The van der Waals surface area contributed by atoms with Crippen molar-refractivity contribution in [2.24, 2.45) is 0 Å². The van der Waals surface area contributed by atoms with E-state index in [2.05, 4.69) is 15.4 Å². The minimum Gasteiger partial charge on any atom is -0.459 e. The van der Waals surface area contributed by atoms with Crippen LogP contribution in [-0.4, -0.2) is 38.5 Å². The number of hydrogen-bond donors (Lipinski definition) is 1. The maximum Gasteiger partial charge on any atom is 0.291 e. The van der Waals surface area contributed by atoms with Gasteiger partial charge in [0.05, 0.1) is 18.0 Å². The number of nitrogens with one attached hydrogen (secondary N) is 1. The minimum absolute atomic E-state index is 0.114. The molecule has 4 aromatic rings. The molecule has 0 saturated carbocycles.